The van der Waals surface area contributed by atoms with Gasteiger partial charge < -0.3 is 9.88 Å². The molecule has 2 atom stereocenters. The van der Waals surface area contributed by atoms with Crippen LogP contribution in [0.25, 0.3) is 0 Å². The third kappa shape index (κ3) is 4.15. The maximum absolute atomic E-state index is 13.2. The normalized spacial score (nSPS) is 22.7. The number of hydrogen-bond acceptors (Lipinski definition) is 5. The number of amides is 1. The zero-order valence-electron chi connectivity index (χ0n) is 17.4. The van der Waals surface area contributed by atoms with Crippen LogP contribution in [0.2, 0.25) is 0 Å². The second-order valence-corrected chi connectivity index (χ2v) is 10.6. The number of nitrogens with zero attached hydrogens (tertiary/aromatic N) is 3. The summed E-state index contributed by atoms with van der Waals surface area (Å²) in [5.74, 6) is 0.555. The van der Waals surface area contributed by atoms with Gasteiger partial charge in [0.2, 0.25) is 5.91 Å². The Bertz CT molecular complexity index is 1250. The maximum atomic E-state index is 13.2. The number of thiazole rings is 1. The predicted molar refractivity (Wildman–Crippen MR) is 124 cm³/mol. The first kappa shape index (κ1) is 21.1. The SMILES string of the molecule is O=C1C(N2CCC(c3ccccc3)C2)CCN1c1ccc(S(=O)(=O)N=c2[nH]ccs2)cc1. The Morgan fingerprint density at radius 2 is 1.78 bits per heavy atom. The summed E-state index contributed by atoms with van der Waals surface area (Å²) in [5.41, 5.74) is 2.05. The van der Waals surface area contributed by atoms with Gasteiger partial charge in [0.05, 0.1) is 10.9 Å². The molecule has 1 aromatic heterocycles. The van der Waals surface area contributed by atoms with Crippen LogP contribution < -0.4 is 9.70 Å². The van der Waals surface area contributed by atoms with E-state index in [4.69, 9.17) is 0 Å². The largest absolute Gasteiger partial charge is 0.337 e. The van der Waals surface area contributed by atoms with Crippen molar-refractivity contribution < 1.29 is 13.2 Å². The summed E-state index contributed by atoms with van der Waals surface area (Å²) in [6.45, 7) is 2.45. The summed E-state index contributed by atoms with van der Waals surface area (Å²) in [5, 5.41) is 1.73. The Morgan fingerprint density at radius 1 is 1.00 bits per heavy atom. The number of anilines is 1. The molecule has 5 rings (SSSR count). The van der Waals surface area contributed by atoms with Gasteiger partial charge in [0.15, 0.2) is 4.80 Å². The molecule has 0 bridgehead atoms. The van der Waals surface area contributed by atoms with E-state index in [1.54, 1.807) is 28.6 Å². The van der Waals surface area contributed by atoms with Crippen molar-refractivity contribution in [3.63, 3.8) is 0 Å². The highest BCUT2D eigenvalue weighted by molar-refractivity contribution is 7.90. The number of rotatable bonds is 5. The van der Waals surface area contributed by atoms with Crippen LogP contribution in [0, 0.1) is 0 Å². The van der Waals surface area contributed by atoms with E-state index < -0.39 is 10.0 Å². The van der Waals surface area contributed by atoms with E-state index in [9.17, 15) is 13.2 Å². The number of hydrogen-bond donors (Lipinski definition) is 1. The molecule has 166 valence electrons. The number of aromatic amines is 1. The van der Waals surface area contributed by atoms with Crippen molar-refractivity contribution in [1.82, 2.24) is 9.88 Å². The van der Waals surface area contributed by atoms with E-state index in [1.165, 1.54) is 29.0 Å². The summed E-state index contributed by atoms with van der Waals surface area (Å²) >= 11 is 1.22. The molecule has 0 aliphatic carbocycles. The molecule has 2 unspecified atom stereocenters. The molecule has 2 fully saturated rings. The molecule has 3 heterocycles. The van der Waals surface area contributed by atoms with Crippen LogP contribution in [0.3, 0.4) is 0 Å². The molecule has 2 aliphatic rings. The van der Waals surface area contributed by atoms with Gasteiger partial charge in [0, 0.05) is 30.4 Å². The lowest BCUT2D eigenvalue weighted by Crippen LogP contribution is -2.40. The first-order chi connectivity index (χ1) is 15.5. The van der Waals surface area contributed by atoms with E-state index in [0.29, 0.717) is 17.3 Å². The van der Waals surface area contributed by atoms with E-state index in [0.717, 1.165) is 31.6 Å². The van der Waals surface area contributed by atoms with E-state index >= 15 is 0 Å². The van der Waals surface area contributed by atoms with E-state index in [2.05, 4.69) is 38.5 Å². The van der Waals surface area contributed by atoms with Crippen molar-refractivity contribution >= 4 is 33.0 Å². The van der Waals surface area contributed by atoms with Crippen LogP contribution in [0.15, 0.2) is 75.5 Å². The minimum absolute atomic E-state index is 0.0900. The molecular weight excluding hydrogens is 444 g/mol. The van der Waals surface area contributed by atoms with Crippen LogP contribution in [0.5, 0.6) is 0 Å². The quantitative estimate of drug-likeness (QED) is 0.624. The molecule has 2 aliphatic heterocycles. The van der Waals surface area contributed by atoms with Gasteiger partial charge in [0.25, 0.3) is 10.0 Å². The molecule has 7 nitrogen and oxygen atoms in total. The van der Waals surface area contributed by atoms with Crippen LogP contribution in [0.1, 0.15) is 24.3 Å². The second kappa shape index (κ2) is 8.65. The van der Waals surface area contributed by atoms with E-state index in [1.807, 2.05) is 6.07 Å². The smallest absolute Gasteiger partial charge is 0.285 e. The lowest BCUT2D eigenvalue weighted by molar-refractivity contribution is -0.121. The molecule has 9 heteroatoms. The number of benzene rings is 2. The lowest BCUT2D eigenvalue weighted by Gasteiger charge is -2.23. The van der Waals surface area contributed by atoms with Crippen molar-refractivity contribution in [2.24, 2.45) is 4.40 Å². The van der Waals surface area contributed by atoms with Crippen molar-refractivity contribution in [3.8, 4) is 0 Å². The Balaban J connectivity index is 1.28. The first-order valence-electron chi connectivity index (χ1n) is 10.6. The average Bonchev–Trinajstić information content (AvgIpc) is 3.56. The third-order valence-electron chi connectivity index (χ3n) is 6.21. The number of aromatic nitrogens is 1. The molecule has 0 spiro atoms. The fourth-order valence-corrected chi connectivity index (χ4v) is 6.30. The van der Waals surface area contributed by atoms with Crippen molar-refractivity contribution in [2.75, 3.05) is 24.5 Å². The number of H-pyrrole nitrogens is 1. The fraction of sp³-hybridized carbons (Fsp3) is 0.304. The Morgan fingerprint density at radius 3 is 2.50 bits per heavy atom. The summed E-state index contributed by atoms with van der Waals surface area (Å²) < 4.78 is 28.8. The number of nitrogens with one attached hydrogen (secondary N) is 1. The van der Waals surface area contributed by atoms with Crippen LogP contribution in [-0.4, -0.2) is 49.9 Å². The zero-order valence-corrected chi connectivity index (χ0v) is 19.1. The van der Waals surface area contributed by atoms with Gasteiger partial charge in [-0.1, -0.05) is 30.3 Å². The van der Waals surface area contributed by atoms with Gasteiger partial charge in [-0.15, -0.1) is 15.7 Å². The number of carbonyl (C=O) groups excluding carboxylic acids is 1. The zero-order chi connectivity index (χ0) is 22.1. The van der Waals surface area contributed by atoms with Gasteiger partial charge in [-0.2, -0.15) is 8.42 Å². The first-order valence-corrected chi connectivity index (χ1v) is 13.0. The third-order valence-corrected chi connectivity index (χ3v) is 8.32. The standard InChI is InChI=1S/C23H24N4O3S2/c28-22-21(26-13-10-18(16-26)17-4-2-1-3-5-17)11-14-27(22)19-6-8-20(9-7-19)32(29,30)25-23-24-12-15-31-23/h1-9,12,15,18,21H,10-11,13-14,16H2,(H,24,25). The summed E-state index contributed by atoms with van der Waals surface area (Å²) in [7, 11) is -3.80. The Labute approximate surface area is 191 Å². The molecule has 32 heavy (non-hydrogen) atoms. The van der Waals surface area contributed by atoms with Crippen molar-refractivity contribution in [2.45, 2.75) is 29.7 Å². The molecule has 3 aromatic rings. The molecule has 0 radical (unpaired) electrons. The average molecular weight is 469 g/mol. The molecule has 0 saturated carbocycles. The maximum Gasteiger partial charge on any atom is 0.285 e. The highest BCUT2D eigenvalue weighted by atomic mass is 32.2. The van der Waals surface area contributed by atoms with Crippen LogP contribution >= 0.6 is 11.3 Å². The predicted octanol–water partition coefficient (Wildman–Crippen LogP) is 2.96. The molecule has 2 saturated heterocycles. The summed E-state index contributed by atoms with van der Waals surface area (Å²) in [6.07, 6.45) is 3.48. The topological polar surface area (TPSA) is 85.8 Å². The molecular formula is C23H24N4O3S2. The summed E-state index contributed by atoms with van der Waals surface area (Å²) in [6, 6.07) is 16.8. The summed E-state index contributed by atoms with van der Waals surface area (Å²) in [4.78, 5) is 20.5. The fourth-order valence-electron chi connectivity index (χ4n) is 4.57. The van der Waals surface area contributed by atoms with Crippen molar-refractivity contribution in [1.29, 1.82) is 0 Å². The van der Waals surface area contributed by atoms with Gasteiger partial charge in [-0.25, -0.2) is 0 Å². The number of likely N-dealkylation sites (tertiary alicyclic amines) is 1. The molecule has 1 N–H and O–H groups in total. The van der Waals surface area contributed by atoms with Crippen LogP contribution in [0.4, 0.5) is 5.69 Å². The molecule has 1 amide bonds. The van der Waals surface area contributed by atoms with E-state index in [-0.39, 0.29) is 16.8 Å². The number of carbonyl (C=O) groups is 1. The minimum atomic E-state index is -3.80. The Hall–Kier alpha value is -2.75. The van der Waals surface area contributed by atoms with Gasteiger partial charge >= 0.3 is 0 Å². The van der Waals surface area contributed by atoms with Gasteiger partial charge in [-0.05, 0) is 55.1 Å². The number of sulfonamides is 1. The van der Waals surface area contributed by atoms with Crippen LogP contribution in [-0.2, 0) is 14.8 Å². The monoisotopic (exact) mass is 468 g/mol. The second-order valence-electron chi connectivity index (χ2n) is 8.12. The lowest BCUT2D eigenvalue weighted by atomic mass is 9.99. The highest BCUT2D eigenvalue weighted by Gasteiger charge is 2.39. The van der Waals surface area contributed by atoms with Gasteiger partial charge in [0.1, 0.15) is 0 Å². The van der Waals surface area contributed by atoms with Crippen molar-refractivity contribution in [3.05, 3.63) is 76.5 Å². The highest BCUT2D eigenvalue weighted by Crippen LogP contribution is 2.32. The minimum Gasteiger partial charge on any atom is -0.337 e. The molecule has 2 aromatic carbocycles. The van der Waals surface area contributed by atoms with Gasteiger partial charge in [-0.3, -0.25) is 9.69 Å². The Kier molecular flexibility index (Phi) is 5.71.